The Morgan fingerprint density at radius 1 is 0.923 bits per heavy atom. The quantitative estimate of drug-likeness (QED) is 0.309. The number of sulfonamides is 1. The van der Waals surface area contributed by atoms with Gasteiger partial charge in [0.05, 0.1) is 49.1 Å². The van der Waals surface area contributed by atoms with Crippen LogP contribution in [0.3, 0.4) is 0 Å². The highest BCUT2D eigenvalue weighted by molar-refractivity contribution is 7.89. The Hall–Kier alpha value is -3.80. The van der Waals surface area contributed by atoms with Crippen molar-refractivity contribution in [3.63, 3.8) is 0 Å². The van der Waals surface area contributed by atoms with Gasteiger partial charge in [-0.05, 0) is 37.1 Å². The highest BCUT2D eigenvalue weighted by Gasteiger charge is 2.28. The largest absolute Gasteiger partial charge is 0.493 e. The van der Waals surface area contributed by atoms with E-state index >= 15 is 0 Å². The molecule has 0 saturated heterocycles. The predicted octanol–water partition coefficient (Wildman–Crippen LogP) is 4.07. The van der Waals surface area contributed by atoms with E-state index in [0.717, 1.165) is 0 Å². The monoisotopic (exact) mass is 576 g/mol. The Kier molecular flexibility index (Phi) is 10.2. The average Bonchev–Trinajstić information content (AvgIpc) is 2.93. The number of carbonyl (C=O) groups excluding carboxylic acids is 2. The molecule has 0 radical (unpaired) electrons. The minimum Gasteiger partial charge on any atom is -0.493 e. The lowest BCUT2D eigenvalue weighted by atomic mass is 10.1. The van der Waals surface area contributed by atoms with E-state index in [2.05, 4.69) is 10.0 Å². The minimum atomic E-state index is -4.21. The van der Waals surface area contributed by atoms with Crippen molar-refractivity contribution in [1.82, 2.24) is 4.72 Å². The van der Waals surface area contributed by atoms with E-state index < -0.39 is 27.9 Å². The van der Waals surface area contributed by atoms with Crippen LogP contribution in [0.5, 0.6) is 17.2 Å². The van der Waals surface area contributed by atoms with Crippen molar-refractivity contribution < 1.29 is 37.0 Å². The number of amides is 1. The van der Waals surface area contributed by atoms with E-state index in [1.54, 1.807) is 37.3 Å². The number of methoxy groups -OCH3 is 3. The van der Waals surface area contributed by atoms with E-state index in [1.807, 2.05) is 0 Å². The smallest absolute Gasteiger partial charge is 0.340 e. The Morgan fingerprint density at radius 3 is 2.18 bits per heavy atom. The third-order valence-electron chi connectivity index (χ3n) is 5.60. The number of esters is 1. The summed E-state index contributed by atoms with van der Waals surface area (Å²) >= 11 is 6.20. The second-order valence-corrected chi connectivity index (χ2v) is 10.2. The number of carbonyl (C=O) groups is 2. The van der Waals surface area contributed by atoms with Crippen molar-refractivity contribution in [2.45, 2.75) is 24.3 Å². The molecule has 39 heavy (non-hydrogen) atoms. The molecule has 0 aromatic heterocycles. The van der Waals surface area contributed by atoms with Gasteiger partial charge in [-0.1, -0.05) is 41.9 Å². The van der Waals surface area contributed by atoms with Crippen LogP contribution in [-0.4, -0.2) is 54.3 Å². The van der Waals surface area contributed by atoms with Crippen molar-refractivity contribution in [1.29, 1.82) is 0 Å². The molecule has 10 nitrogen and oxygen atoms in total. The summed E-state index contributed by atoms with van der Waals surface area (Å²) in [7, 11) is -0.223. The third-order valence-corrected chi connectivity index (χ3v) is 7.36. The van der Waals surface area contributed by atoms with Gasteiger partial charge in [-0.25, -0.2) is 13.2 Å². The fourth-order valence-electron chi connectivity index (χ4n) is 3.70. The van der Waals surface area contributed by atoms with Crippen LogP contribution in [-0.2, 0) is 26.0 Å². The summed E-state index contributed by atoms with van der Waals surface area (Å²) < 4.78 is 49.9. The maximum Gasteiger partial charge on any atom is 0.340 e. The van der Waals surface area contributed by atoms with Gasteiger partial charge < -0.3 is 24.3 Å². The van der Waals surface area contributed by atoms with Crippen LogP contribution >= 0.6 is 11.6 Å². The zero-order valence-corrected chi connectivity index (χ0v) is 23.4. The number of benzene rings is 3. The molecule has 3 rings (SSSR count). The van der Waals surface area contributed by atoms with Gasteiger partial charge >= 0.3 is 5.97 Å². The molecule has 0 spiro atoms. The number of nitrogens with one attached hydrogen (secondary N) is 2. The van der Waals surface area contributed by atoms with E-state index in [1.165, 1.54) is 51.7 Å². The fourth-order valence-corrected chi connectivity index (χ4v) is 5.22. The molecule has 1 atom stereocenters. The number of hydrogen-bond donors (Lipinski definition) is 2. The molecule has 2 N–H and O–H groups in total. The van der Waals surface area contributed by atoms with Gasteiger partial charge in [0.2, 0.25) is 15.9 Å². The Bertz CT molecular complexity index is 1430. The molecule has 0 unspecified atom stereocenters. The lowest BCUT2D eigenvalue weighted by Crippen LogP contribution is -2.45. The summed E-state index contributed by atoms with van der Waals surface area (Å²) in [6, 6.07) is 14.4. The van der Waals surface area contributed by atoms with Crippen LogP contribution in [0.4, 0.5) is 5.69 Å². The van der Waals surface area contributed by atoms with Crippen LogP contribution in [0.15, 0.2) is 65.6 Å². The number of ether oxygens (including phenoxy) is 4. The van der Waals surface area contributed by atoms with E-state index in [0.29, 0.717) is 17.9 Å². The number of anilines is 1. The van der Waals surface area contributed by atoms with Crippen LogP contribution in [0.1, 0.15) is 22.8 Å². The maximum atomic E-state index is 13.5. The summed E-state index contributed by atoms with van der Waals surface area (Å²) in [5.74, 6) is -0.651. The number of rotatable bonds is 12. The van der Waals surface area contributed by atoms with Crippen LogP contribution in [0, 0.1) is 0 Å². The van der Waals surface area contributed by atoms with Crippen molar-refractivity contribution in [3.05, 3.63) is 76.8 Å². The molecule has 1 amide bonds. The van der Waals surface area contributed by atoms with E-state index in [9.17, 15) is 18.0 Å². The van der Waals surface area contributed by atoms with Crippen LogP contribution in [0.25, 0.3) is 0 Å². The van der Waals surface area contributed by atoms with Gasteiger partial charge in [0.1, 0.15) is 11.8 Å². The standard InChI is InChI=1S/C27H29ClN2O8S/c1-5-38-23-12-11-18(14-20(23)28)39(33,34)30-22(13-17-9-7-6-8-10-17)26(31)29-21-16-25(36-3)24(35-2)15-19(21)27(32)37-4/h6-12,14-16,22,30H,5,13H2,1-4H3,(H,29,31)/t22-/m1/s1. The van der Waals surface area contributed by atoms with E-state index in [-0.39, 0.29) is 39.1 Å². The van der Waals surface area contributed by atoms with Crippen molar-refractivity contribution in [2.75, 3.05) is 33.3 Å². The van der Waals surface area contributed by atoms with Gasteiger partial charge in [-0.2, -0.15) is 4.72 Å². The molecular formula is C27H29ClN2O8S. The molecule has 0 bridgehead atoms. The van der Waals surface area contributed by atoms with Gasteiger partial charge in [-0.3, -0.25) is 4.79 Å². The molecule has 0 aliphatic rings. The molecule has 0 aliphatic carbocycles. The topological polar surface area (TPSA) is 129 Å². The first-order valence-electron chi connectivity index (χ1n) is 11.8. The van der Waals surface area contributed by atoms with Crippen molar-refractivity contribution in [3.8, 4) is 17.2 Å². The predicted molar refractivity (Wildman–Crippen MR) is 146 cm³/mol. The molecule has 12 heteroatoms. The molecule has 3 aromatic carbocycles. The van der Waals surface area contributed by atoms with Crippen LogP contribution < -0.4 is 24.2 Å². The first-order chi connectivity index (χ1) is 18.6. The third kappa shape index (κ3) is 7.41. The first-order valence-corrected chi connectivity index (χ1v) is 13.6. The zero-order valence-electron chi connectivity index (χ0n) is 21.8. The Morgan fingerprint density at radius 2 is 1.59 bits per heavy atom. The zero-order chi connectivity index (χ0) is 28.6. The number of hydrogen-bond acceptors (Lipinski definition) is 8. The van der Waals surface area contributed by atoms with Gasteiger partial charge in [0.15, 0.2) is 11.5 Å². The molecule has 0 aliphatic heterocycles. The van der Waals surface area contributed by atoms with Crippen LogP contribution in [0.2, 0.25) is 5.02 Å². The highest BCUT2D eigenvalue weighted by atomic mass is 35.5. The van der Waals surface area contributed by atoms with E-state index in [4.69, 9.17) is 30.5 Å². The summed E-state index contributed by atoms with van der Waals surface area (Å²) in [5.41, 5.74) is 0.736. The maximum absolute atomic E-state index is 13.5. The second-order valence-electron chi connectivity index (χ2n) is 8.12. The van der Waals surface area contributed by atoms with Crippen molar-refractivity contribution >= 4 is 39.2 Å². The molecule has 0 saturated carbocycles. The molecule has 3 aromatic rings. The Labute approximate surface area is 232 Å². The SMILES string of the molecule is CCOc1ccc(S(=O)(=O)N[C@H](Cc2ccccc2)C(=O)Nc2cc(OC)c(OC)cc2C(=O)OC)cc1Cl. The summed E-state index contributed by atoms with van der Waals surface area (Å²) in [5, 5.41) is 2.74. The lowest BCUT2D eigenvalue weighted by molar-refractivity contribution is -0.117. The lowest BCUT2D eigenvalue weighted by Gasteiger charge is -2.21. The molecular weight excluding hydrogens is 548 g/mol. The molecule has 0 heterocycles. The average molecular weight is 577 g/mol. The first kappa shape index (κ1) is 29.8. The Balaban J connectivity index is 1.99. The van der Waals surface area contributed by atoms with Gasteiger partial charge in [-0.15, -0.1) is 0 Å². The second kappa shape index (κ2) is 13.3. The summed E-state index contributed by atoms with van der Waals surface area (Å²) in [6.45, 7) is 2.13. The molecule has 208 valence electrons. The fraction of sp³-hybridized carbons (Fsp3) is 0.259. The number of halogens is 1. The minimum absolute atomic E-state index is 0.0110. The summed E-state index contributed by atoms with van der Waals surface area (Å²) in [6.07, 6.45) is 0.0114. The summed E-state index contributed by atoms with van der Waals surface area (Å²) in [4.78, 5) is 25.9. The normalized spacial score (nSPS) is 11.8. The van der Waals surface area contributed by atoms with Crippen molar-refractivity contribution in [2.24, 2.45) is 0 Å². The molecule has 0 fully saturated rings. The highest BCUT2D eigenvalue weighted by Crippen LogP contribution is 2.34. The van der Waals surface area contributed by atoms with Gasteiger partial charge in [0, 0.05) is 12.1 Å². The van der Waals surface area contributed by atoms with Gasteiger partial charge in [0.25, 0.3) is 0 Å².